The Kier molecular flexibility index (Phi) is 6.52. The fourth-order valence-electron chi connectivity index (χ4n) is 4.93. The minimum Gasteiger partial charge on any atom is -0.454 e. The third-order valence-corrected chi connectivity index (χ3v) is 7.02. The van der Waals surface area contributed by atoms with Crippen LogP contribution in [0.25, 0.3) is 5.69 Å². The van der Waals surface area contributed by atoms with E-state index in [-0.39, 0.29) is 43.3 Å². The highest BCUT2D eigenvalue weighted by Gasteiger charge is 2.41. The Balaban J connectivity index is 1.28. The first-order chi connectivity index (χ1) is 19.7. The second-order valence-corrected chi connectivity index (χ2v) is 9.60. The first-order valence-electron chi connectivity index (χ1n) is 12.8. The average molecular weight is 564 g/mol. The van der Waals surface area contributed by atoms with Crippen LogP contribution >= 0.6 is 0 Å². The zero-order valence-electron chi connectivity index (χ0n) is 21.8. The number of carbonyl (C=O) groups is 2. The minimum absolute atomic E-state index is 0.0684. The van der Waals surface area contributed by atoms with Gasteiger partial charge in [0.15, 0.2) is 17.2 Å². The topological polar surface area (TPSA) is 88.9 Å². The number of nitrogens with zero attached hydrogens (tertiary/aromatic N) is 4. The zero-order chi connectivity index (χ0) is 28.7. The van der Waals surface area contributed by atoms with Crippen LogP contribution in [0.3, 0.4) is 0 Å². The van der Waals surface area contributed by atoms with Gasteiger partial charge >= 0.3 is 12.2 Å². The minimum atomic E-state index is -4.73. The molecule has 4 aromatic rings. The van der Waals surface area contributed by atoms with Crippen molar-refractivity contribution >= 4 is 23.3 Å². The molecule has 3 amide bonds. The summed E-state index contributed by atoms with van der Waals surface area (Å²) < 4.78 is 54.2. The summed E-state index contributed by atoms with van der Waals surface area (Å²) in [5.74, 6) is 0.730. The number of nitrogens with one attached hydrogen (secondary N) is 1. The highest BCUT2D eigenvalue weighted by molar-refractivity contribution is 6.06. The van der Waals surface area contributed by atoms with Gasteiger partial charge in [0.25, 0.3) is 5.91 Å². The molecule has 6 rings (SSSR count). The van der Waals surface area contributed by atoms with Crippen LogP contribution in [0.1, 0.15) is 27.3 Å². The van der Waals surface area contributed by atoms with E-state index in [4.69, 9.17) is 9.47 Å². The van der Waals surface area contributed by atoms with Crippen LogP contribution in [0.15, 0.2) is 72.8 Å². The van der Waals surface area contributed by atoms with Gasteiger partial charge in [-0.25, -0.2) is 9.48 Å². The van der Waals surface area contributed by atoms with Gasteiger partial charge in [-0.2, -0.15) is 18.3 Å². The molecule has 1 aromatic heterocycles. The molecule has 0 spiro atoms. The molecule has 2 aliphatic rings. The largest absolute Gasteiger partial charge is 0.454 e. The maximum Gasteiger partial charge on any atom is 0.435 e. The van der Waals surface area contributed by atoms with Crippen molar-refractivity contribution in [3.8, 4) is 17.2 Å². The molecule has 0 saturated heterocycles. The predicted octanol–water partition coefficient (Wildman–Crippen LogP) is 5.49. The first kappa shape index (κ1) is 26.2. The number of carbonyl (C=O) groups excluding carboxylic acids is 2. The molecule has 9 nitrogen and oxygen atoms in total. The van der Waals surface area contributed by atoms with Gasteiger partial charge in [0.1, 0.15) is 0 Å². The van der Waals surface area contributed by atoms with Crippen LogP contribution < -0.4 is 19.7 Å². The van der Waals surface area contributed by atoms with Gasteiger partial charge < -0.3 is 24.6 Å². The smallest absolute Gasteiger partial charge is 0.435 e. The van der Waals surface area contributed by atoms with E-state index in [1.54, 1.807) is 73.8 Å². The SMILES string of the molecule is CN(C(=O)c1cccc(-n2nc(C(F)(F)F)c3c2CCN(C(=O)Nc2ccccc2)C3)c1)c1ccc2c(c1)OCO2. The van der Waals surface area contributed by atoms with Gasteiger partial charge in [-0.1, -0.05) is 24.3 Å². The van der Waals surface area contributed by atoms with Gasteiger partial charge in [-0.3, -0.25) is 4.79 Å². The molecule has 0 bridgehead atoms. The molecule has 0 fully saturated rings. The Morgan fingerprint density at radius 3 is 2.54 bits per heavy atom. The van der Waals surface area contributed by atoms with Crippen LogP contribution in [0.2, 0.25) is 0 Å². The Bertz CT molecular complexity index is 1640. The number of benzene rings is 3. The van der Waals surface area contributed by atoms with E-state index in [9.17, 15) is 22.8 Å². The Morgan fingerprint density at radius 2 is 1.76 bits per heavy atom. The number of ether oxygens (including phenoxy) is 2. The number of anilines is 2. The van der Waals surface area contributed by atoms with Gasteiger partial charge in [0.05, 0.1) is 17.9 Å². The summed E-state index contributed by atoms with van der Waals surface area (Å²) in [7, 11) is 1.60. The first-order valence-corrected chi connectivity index (χ1v) is 12.8. The number of para-hydroxylation sites is 1. The highest BCUT2D eigenvalue weighted by atomic mass is 19.4. The average Bonchev–Trinajstić information content (AvgIpc) is 3.61. The van der Waals surface area contributed by atoms with Crippen LogP contribution in [0, 0.1) is 0 Å². The second kappa shape index (κ2) is 10.2. The number of alkyl halides is 3. The summed E-state index contributed by atoms with van der Waals surface area (Å²) in [5.41, 5.74) is 0.899. The highest BCUT2D eigenvalue weighted by Crippen LogP contribution is 2.37. The summed E-state index contributed by atoms with van der Waals surface area (Å²) in [4.78, 5) is 28.9. The number of fused-ring (bicyclic) bond motifs is 2. The van der Waals surface area contributed by atoms with Crippen molar-refractivity contribution in [1.29, 1.82) is 0 Å². The number of amides is 3. The van der Waals surface area contributed by atoms with Crippen LogP contribution in [0.5, 0.6) is 11.5 Å². The summed E-state index contributed by atoms with van der Waals surface area (Å²) in [5, 5.41) is 6.65. The summed E-state index contributed by atoms with van der Waals surface area (Å²) in [6, 6.07) is 19.6. The fraction of sp³-hybridized carbons (Fsp3) is 0.207. The number of aromatic nitrogens is 2. The Morgan fingerprint density at radius 1 is 0.976 bits per heavy atom. The zero-order valence-corrected chi connectivity index (χ0v) is 21.8. The normalized spacial score (nSPS) is 14.0. The molecule has 0 aliphatic carbocycles. The Hall–Kier alpha value is -5.00. The molecule has 0 atom stereocenters. The van der Waals surface area contributed by atoms with Crippen molar-refractivity contribution in [1.82, 2.24) is 14.7 Å². The number of hydrogen-bond donors (Lipinski definition) is 1. The lowest BCUT2D eigenvalue weighted by Crippen LogP contribution is -2.39. The quantitative estimate of drug-likeness (QED) is 0.355. The summed E-state index contributed by atoms with van der Waals surface area (Å²) >= 11 is 0. The third-order valence-electron chi connectivity index (χ3n) is 7.02. The van der Waals surface area contributed by atoms with E-state index in [2.05, 4.69) is 10.4 Å². The molecule has 2 aliphatic heterocycles. The van der Waals surface area contributed by atoms with Crippen molar-refractivity contribution in [2.45, 2.75) is 19.1 Å². The van der Waals surface area contributed by atoms with Gasteiger partial charge in [-0.05, 0) is 42.5 Å². The van der Waals surface area contributed by atoms with Gasteiger partial charge in [0, 0.05) is 48.6 Å². The predicted molar refractivity (Wildman–Crippen MR) is 143 cm³/mol. The molecular formula is C29H24F3N5O4. The molecule has 0 radical (unpaired) electrons. The van der Waals surface area contributed by atoms with Crippen LogP contribution in [0.4, 0.5) is 29.3 Å². The summed E-state index contributed by atoms with van der Waals surface area (Å²) in [6.45, 7) is 0.0382. The van der Waals surface area contributed by atoms with E-state index >= 15 is 0 Å². The van der Waals surface area contributed by atoms with Crippen molar-refractivity contribution in [2.75, 3.05) is 30.6 Å². The van der Waals surface area contributed by atoms with E-state index in [0.717, 1.165) is 0 Å². The molecule has 210 valence electrons. The third kappa shape index (κ3) is 5.04. The van der Waals surface area contributed by atoms with E-state index in [1.807, 2.05) is 0 Å². The molecule has 3 heterocycles. The molecule has 3 aromatic carbocycles. The number of hydrogen-bond acceptors (Lipinski definition) is 5. The fourth-order valence-corrected chi connectivity index (χ4v) is 4.93. The maximum absolute atomic E-state index is 14.1. The molecule has 12 heteroatoms. The van der Waals surface area contributed by atoms with E-state index < -0.39 is 17.9 Å². The molecule has 0 saturated carbocycles. The van der Waals surface area contributed by atoms with Gasteiger partial charge in [0.2, 0.25) is 6.79 Å². The van der Waals surface area contributed by atoms with E-state index in [1.165, 1.54) is 20.5 Å². The number of halogens is 3. The maximum atomic E-state index is 14.1. The molecule has 41 heavy (non-hydrogen) atoms. The summed E-state index contributed by atoms with van der Waals surface area (Å²) in [6.07, 6.45) is -4.59. The Labute approximate surface area is 232 Å². The van der Waals surface area contributed by atoms with Crippen molar-refractivity contribution in [3.63, 3.8) is 0 Å². The lowest BCUT2D eigenvalue weighted by molar-refractivity contribution is -0.142. The standard InChI is InChI=1S/C29H24F3N5O4/c1-35(20-10-11-24-25(15-20)41-17-40-24)27(38)18-6-5-9-21(14-18)37-23-12-13-36(16-22(23)26(34-37)29(30,31)32)28(39)33-19-7-3-2-4-8-19/h2-11,14-15H,12-13,16-17H2,1H3,(H,33,39). The van der Waals surface area contributed by atoms with Crippen molar-refractivity contribution < 1.29 is 32.2 Å². The molecule has 0 unspecified atom stereocenters. The monoisotopic (exact) mass is 563 g/mol. The lowest BCUT2D eigenvalue weighted by Gasteiger charge is -2.28. The van der Waals surface area contributed by atoms with Crippen LogP contribution in [-0.2, 0) is 19.1 Å². The van der Waals surface area contributed by atoms with Crippen LogP contribution in [-0.4, -0.2) is 47.0 Å². The number of urea groups is 1. The van der Waals surface area contributed by atoms with E-state index in [0.29, 0.717) is 34.3 Å². The molecular weight excluding hydrogens is 539 g/mol. The lowest BCUT2D eigenvalue weighted by atomic mass is 10.0. The second-order valence-electron chi connectivity index (χ2n) is 9.60. The number of rotatable bonds is 4. The van der Waals surface area contributed by atoms with Crippen molar-refractivity contribution in [3.05, 3.63) is 95.3 Å². The van der Waals surface area contributed by atoms with Gasteiger partial charge in [-0.15, -0.1) is 0 Å². The molecule has 1 N–H and O–H groups in total. The van der Waals surface area contributed by atoms with Crippen molar-refractivity contribution in [2.24, 2.45) is 0 Å².